The van der Waals surface area contributed by atoms with E-state index >= 15 is 0 Å². The average molecular weight is 388 g/mol. The Balaban J connectivity index is 1.69. The van der Waals surface area contributed by atoms with Gasteiger partial charge in [0.25, 0.3) is 0 Å². The maximum atomic E-state index is 12.8. The fourth-order valence-electron chi connectivity index (χ4n) is 3.17. The number of hydrogen-bond donors (Lipinski definition) is 2. The first-order chi connectivity index (χ1) is 12.9. The third kappa shape index (κ3) is 4.27. The van der Waals surface area contributed by atoms with Crippen molar-refractivity contribution in [3.8, 4) is 5.82 Å². The maximum absolute atomic E-state index is 12.8. The van der Waals surface area contributed by atoms with Crippen LogP contribution in [0.5, 0.6) is 0 Å². The largest absolute Gasteiger partial charge is 0.360 e. The summed E-state index contributed by atoms with van der Waals surface area (Å²) in [4.78, 5) is 24.6. The molecule has 0 spiro atoms. The fraction of sp³-hybridized carbons (Fsp3) is 0.421. The van der Waals surface area contributed by atoms with Gasteiger partial charge in [0, 0.05) is 34.8 Å². The van der Waals surface area contributed by atoms with Gasteiger partial charge in [-0.05, 0) is 33.3 Å². The summed E-state index contributed by atoms with van der Waals surface area (Å²) < 4.78 is 7.07. The van der Waals surface area contributed by atoms with E-state index in [0.717, 1.165) is 35.7 Å². The molecule has 0 saturated heterocycles. The molecule has 1 atom stereocenters. The summed E-state index contributed by atoms with van der Waals surface area (Å²) in [7, 11) is 0. The molecule has 0 bridgehead atoms. The van der Waals surface area contributed by atoms with Crippen LogP contribution >= 0.6 is 11.8 Å². The van der Waals surface area contributed by atoms with Gasteiger partial charge in [-0.1, -0.05) is 18.5 Å². The number of nitrogens with zero attached hydrogens (tertiary/aromatic N) is 2. The molecule has 1 amide bonds. The van der Waals surface area contributed by atoms with E-state index in [4.69, 9.17) is 4.52 Å². The zero-order chi connectivity index (χ0) is 19.6. The third-order valence-corrected chi connectivity index (χ3v) is 5.37. The number of allylic oxidation sites excluding steroid dienone is 1. The lowest BCUT2D eigenvalue weighted by atomic mass is 10.2. The number of thioether (sulfide) groups is 1. The van der Waals surface area contributed by atoms with Gasteiger partial charge < -0.3 is 15.2 Å². The summed E-state index contributed by atoms with van der Waals surface area (Å²) in [5, 5.41) is 10.1. The van der Waals surface area contributed by atoms with Crippen LogP contribution in [0.15, 0.2) is 28.4 Å². The van der Waals surface area contributed by atoms with Gasteiger partial charge in [-0.15, -0.1) is 11.8 Å². The number of rotatable bonds is 7. The van der Waals surface area contributed by atoms with E-state index in [9.17, 15) is 9.59 Å². The molecule has 1 unspecified atom stereocenters. The zero-order valence-electron chi connectivity index (χ0n) is 16.0. The molecule has 1 aliphatic rings. The molecule has 0 saturated carbocycles. The van der Waals surface area contributed by atoms with Gasteiger partial charge >= 0.3 is 0 Å². The molecule has 0 fully saturated rings. The summed E-state index contributed by atoms with van der Waals surface area (Å²) >= 11 is 1.38. The predicted octanol–water partition coefficient (Wildman–Crippen LogP) is 2.99. The van der Waals surface area contributed by atoms with Crippen LogP contribution in [0.3, 0.4) is 0 Å². The minimum atomic E-state index is -0.297. The smallest absolute Gasteiger partial charge is 0.247 e. The van der Waals surface area contributed by atoms with Crippen molar-refractivity contribution in [2.24, 2.45) is 0 Å². The summed E-state index contributed by atoms with van der Waals surface area (Å²) in [6.07, 6.45) is 3.35. The Labute approximate surface area is 162 Å². The number of amides is 1. The summed E-state index contributed by atoms with van der Waals surface area (Å²) in [6.45, 7) is 7.73. The normalized spacial score (nSPS) is 16.7. The lowest BCUT2D eigenvalue weighted by molar-refractivity contribution is -0.117. The van der Waals surface area contributed by atoms with Crippen molar-refractivity contribution in [3.63, 3.8) is 0 Å². The van der Waals surface area contributed by atoms with E-state index in [1.54, 1.807) is 6.08 Å². The van der Waals surface area contributed by atoms with Crippen LogP contribution in [0.2, 0.25) is 0 Å². The Morgan fingerprint density at radius 1 is 1.30 bits per heavy atom. The van der Waals surface area contributed by atoms with Crippen LogP contribution in [-0.4, -0.2) is 32.7 Å². The fourth-order valence-corrected chi connectivity index (χ4v) is 4.07. The van der Waals surface area contributed by atoms with Crippen LogP contribution in [-0.2, 0) is 4.79 Å². The monoisotopic (exact) mass is 388 g/mol. The minimum absolute atomic E-state index is 0.0159. The van der Waals surface area contributed by atoms with E-state index < -0.39 is 0 Å². The van der Waals surface area contributed by atoms with Gasteiger partial charge in [-0.2, -0.15) is 0 Å². The first-order valence-electron chi connectivity index (χ1n) is 8.94. The second kappa shape index (κ2) is 8.04. The number of nitrogens with one attached hydrogen (secondary N) is 2. The molecule has 0 radical (unpaired) electrons. The number of aromatic nitrogens is 2. The molecule has 2 aromatic rings. The molecular weight excluding hydrogens is 364 g/mol. The molecular formula is C19H24N4O3S. The Kier molecular flexibility index (Phi) is 5.74. The topological polar surface area (TPSA) is 89.2 Å². The van der Waals surface area contributed by atoms with Gasteiger partial charge in [-0.3, -0.25) is 14.2 Å². The van der Waals surface area contributed by atoms with Gasteiger partial charge in [0.2, 0.25) is 5.91 Å². The van der Waals surface area contributed by atoms with Crippen LogP contribution in [0, 0.1) is 20.8 Å². The number of Topliss-reactive ketones (excluding diaryl/α,β-unsaturated/α-hetero) is 1. The SMILES string of the molecule is CCCC1=CC(=O)NC(SCC(=O)c2cc(C)n(-c3cc(C)on3)c2C)N1. The van der Waals surface area contributed by atoms with E-state index in [1.807, 2.05) is 37.5 Å². The van der Waals surface area contributed by atoms with Crippen molar-refractivity contribution in [1.29, 1.82) is 0 Å². The van der Waals surface area contributed by atoms with Crippen molar-refractivity contribution in [2.45, 2.75) is 46.0 Å². The van der Waals surface area contributed by atoms with Crippen LogP contribution in [0.25, 0.3) is 5.82 Å². The van der Waals surface area contributed by atoms with E-state index in [1.165, 1.54) is 11.8 Å². The number of carbonyl (C=O) groups excluding carboxylic acids is 2. The van der Waals surface area contributed by atoms with Gasteiger partial charge in [0.1, 0.15) is 11.3 Å². The highest BCUT2D eigenvalue weighted by molar-refractivity contribution is 8.00. The maximum Gasteiger partial charge on any atom is 0.247 e. The highest BCUT2D eigenvalue weighted by atomic mass is 32.2. The lowest BCUT2D eigenvalue weighted by Crippen LogP contribution is -2.46. The molecule has 27 heavy (non-hydrogen) atoms. The van der Waals surface area contributed by atoms with Gasteiger partial charge in [-0.25, -0.2) is 0 Å². The van der Waals surface area contributed by atoms with Crippen LogP contribution < -0.4 is 10.6 Å². The van der Waals surface area contributed by atoms with E-state index in [2.05, 4.69) is 22.7 Å². The Morgan fingerprint density at radius 3 is 2.74 bits per heavy atom. The number of hydrogen-bond acceptors (Lipinski definition) is 6. The highest BCUT2D eigenvalue weighted by Gasteiger charge is 2.22. The summed E-state index contributed by atoms with van der Waals surface area (Å²) in [5.41, 5.74) is 3.03. The molecule has 8 heteroatoms. The van der Waals surface area contributed by atoms with Crippen LogP contribution in [0.1, 0.15) is 47.3 Å². The van der Waals surface area contributed by atoms with E-state index in [-0.39, 0.29) is 22.9 Å². The molecule has 2 aromatic heterocycles. The number of aryl methyl sites for hydroxylation is 2. The highest BCUT2D eigenvalue weighted by Crippen LogP contribution is 2.23. The Hall–Kier alpha value is -2.48. The first-order valence-corrected chi connectivity index (χ1v) is 9.99. The average Bonchev–Trinajstić information content (AvgIpc) is 3.15. The quantitative estimate of drug-likeness (QED) is 0.709. The van der Waals surface area contributed by atoms with E-state index in [0.29, 0.717) is 11.4 Å². The molecule has 3 heterocycles. The molecule has 1 aliphatic heterocycles. The lowest BCUT2D eigenvalue weighted by Gasteiger charge is -2.25. The molecule has 0 aromatic carbocycles. The Bertz CT molecular complexity index is 897. The second-order valence-electron chi connectivity index (χ2n) is 6.60. The first kappa shape index (κ1) is 19.3. The number of carbonyl (C=O) groups is 2. The predicted molar refractivity (Wildman–Crippen MR) is 105 cm³/mol. The summed E-state index contributed by atoms with van der Waals surface area (Å²) in [6, 6.07) is 3.71. The van der Waals surface area contributed by atoms with Crippen LogP contribution in [0.4, 0.5) is 0 Å². The van der Waals surface area contributed by atoms with Crippen molar-refractivity contribution in [2.75, 3.05) is 5.75 Å². The zero-order valence-corrected chi connectivity index (χ0v) is 16.8. The molecule has 0 aliphatic carbocycles. The van der Waals surface area contributed by atoms with Crippen molar-refractivity contribution >= 4 is 23.5 Å². The van der Waals surface area contributed by atoms with Gasteiger partial charge in [0.15, 0.2) is 11.6 Å². The number of ketones is 1. The van der Waals surface area contributed by atoms with Crippen molar-refractivity contribution in [3.05, 3.63) is 46.6 Å². The third-order valence-electron chi connectivity index (χ3n) is 4.37. The molecule has 144 valence electrons. The standard InChI is InChI=1S/C19H24N4O3S/c1-5-6-14-9-18(25)21-19(20-14)27-10-16(24)15-7-11(2)23(13(15)4)17-8-12(3)26-22-17/h7-9,19-20H,5-6,10H2,1-4H3,(H,21,25). The van der Waals surface area contributed by atoms with Crippen molar-refractivity contribution in [1.82, 2.24) is 20.4 Å². The van der Waals surface area contributed by atoms with Crippen molar-refractivity contribution < 1.29 is 14.1 Å². The Morgan fingerprint density at radius 2 is 2.07 bits per heavy atom. The summed E-state index contributed by atoms with van der Waals surface area (Å²) in [5.74, 6) is 1.55. The molecule has 7 nitrogen and oxygen atoms in total. The molecule has 2 N–H and O–H groups in total. The molecule has 3 rings (SSSR count). The minimum Gasteiger partial charge on any atom is -0.360 e. The second-order valence-corrected chi connectivity index (χ2v) is 7.70. The van der Waals surface area contributed by atoms with Gasteiger partial charge in [0.05, 0.1) is 5.75 Å².